The molecule has 106 valence electrons. The van der Waals surface area contributed by atoms with Gasteiger partial charge in [0.1, 0.15) is 16.9 Å². The fourth-order valence-corrected chi connectivity index (χ4v) is 2.22. The van der Waals surface area contributed by atoms with Crippen molar-refractivity contribution in [2.24, 2.45) is 7.05 Å². The van der Waals surface area contributed by atoms with Crippen LogP contribution in [0.1, 0.15) is 16.1 Å². The van der Waals surface area contributed by atoms with Gasteiger partial charge >= 0.3 is 5.63 Å². The molecule has 0 atom stereocenters. The molecule has 2 aromatic heterocycles. The van der Waals surface area contributed by atoms with Crippen molar-refractivity contribution in [2.45, 2.75) is 0 Å². The van der Waals surface area contributed by atoms with Gasteiger partial charge in [-0.25, -0.2) is 4.79 Å². The molecule has 0 aliphatic carbocycles. The molecule has 5 heteroatoms. The highest BCUT2D eigenvalue weighted by Gasteiger charge is 2.18. The van der Waals surface area contributed by atoms with Crippen molar-refractivity contribution < 1.29 is 13.9 Å². The smallest absolute Gasteiger partial charge is 0.347 e. The van der Waals surface area contributed by atoms with Crippen LogP contribution in [-0.4, -0.2) is 17.5 Å². The first-order chi connectivity index (χ1) is 10.1. The SMILES string of the molecule is COc1ccc2oc(=O)c(C(=O)c3cccn3C)cc2c1. The van der Waals surface area contributed by atoms with Gasteiger partial charge in [-0.05, 0) is 36.4 Å². The summed E-state index contributed by atoms with van der Waals surface area (Å²) < 4.78 is 12.0. The van der Waals surface area contributed by atoms with Gasteiger partial charge in [0.05, 0.1) is 12.8 Å². The molecule has 0 amide bonds. The summed E-state index contributed by atoms with van der Waals surface area (Å²) in [6, 6.07) is 10.0. The van der Waals surface area contributed by atoms with E-state index in [1.54, 1.807) is 61.3 Å². The Bertz CT molecular complexity index is 889. The number of rotatable bonds is 3. The number of benzene rings is 1. The maximum absolute atomic E-state index is 12.4. The van der Waals surface area contributed by atoms with Crippen LogP contribution in [0.25, 0.3) is 11.0 Å². The molecule has 0 saturated heterocycles. The quantitative estimate of drug-likeness (QED) is 0.547. The van der Waals surface area contributed by atoms with E-state index in [2.05, 4.69) is 0 Å². The van der Waals surface area contributed by atoms with Gasteiger partial charge in [0, 0.05) is 18.6 Å². The summed E-state index contributed by atoms with van der Waals surface area (Å²) in [6.45, 7) is 0. The molecule has 0 aliphatic rings. The van der Waals surface area contributed by atoms with E-state index in [0.29, 0.717) is 22.4 Å². The summed E-state index contributed by atoms with van der Waals surface area (Å²) in [5, 5.41) is 0.645. The first kappa shape index (κ1) is 13.2. The van der Waals surface area contributed by atoms with Gasteiger partial charge in [0.15, 0.2) is 0 Å². The Morgan fingerprint density at radius 2 is 2.05 bits per heavy atom. The molecule has 3 rings (SSSR count). The van der Waals surface area contributed by atoms with Crippen LogP contribution in [-0.2, 0) is 7.05 Å². The van der Waals surface area contributed by atoms with E-state index in [0.717, 1.165) is 0 Å². The first-order valence-corrected chi connectivity index (χ1v) is 6.38. The van der Waals surface area contributed by atoms with Crippen LogP contribution in [0.5, 0.6) is 5.75 Å². The predicted octanol–water partition coefficient (Wildman–Crippen LogP) is 2.37. The van der Waals surface area contributed by atoms with Crippen molar-refractivity contribution in [2.75, 3.05) is 7.11 Å². The number of hydrogen-bond acceptors (Lipinski definition) is 4. The maximum atomic E-state index is 12.4. The van der Waals surface area contributed by atoms with Crippen LogP contribution in [0.3, 0.4) is 0 Å². The lowest BCUT2D eigenvalue weighted by Crippen LogP contribution is -2.16. The lowest BCUT2D eigenvalue weighted by molar-refractivity contribution is 0.102. The zero-order chi connectivity index (χ0) is 15.0. The second-order valence-electron chi connectivity index (χ2n) is 4.68. The van der Waals surface area contributed by atoms with Crippen molar-refractivity contribution in [1.82, 2.24) is 4.57 Å². The topological polar surface area (TPSA) is 61.4 Å². The molecule has 0 saturated carbocycles. The zero-order valence-corrected chi connectivity index (χ0v) is 11.6. The number of carbonyl (C=O) groups excluding carboxylic acids is 1. The Hall–Kier alpha value is -2.82. The summed E-state index contributed by atoms with van der Waals surface area (Å²) >= 11 is 0. The molecule has 0 bridgehead atoms. The number of aromatic nitrogens is 1. The van der Waals surface area contributed by atoms with Crippen LogP contribution in [0.4, 0.5) is 0 Å². The third kappa shape index (κ3) is 2.23. The fourth-order valence-electron chi connectivity index (χ4n) is 2.22. The zero-order valence-electron chi connectivity index (χ0n) is 11.6. The molecule has 0 radical (unpaired) electrons. The average molecular weight is 283 g/mol. The van der Waals surface area contributed by atoms with E-state index in [-0.39, 0.29) is 11.3 Å². The van der Waals surface area contributed by atoms with E-state index in [9.17, 15) is 9.59 Å². The largest absolute Gasteiger partial charge is 0.497 e. The number of fused-ring (bicyclic) bond motifs is 1. The number of carbonyl (C=O) groups is 1. The summed E-state index contributed by atoms with van der Waals surface area (Å²) in [6.07, 6.45) is 1.75. The van der Waals surface area contributed by atoms with Gasteiger partial charge in [0.25, 0.3) is 0 Å². The fraction of sp³-hybridized carbons (Fsp3) is 0.125. The number of ether oxygens (including phenoxy) is 1. The normalized spacial score (nSPS) is 10.8. The van der Waals surface area contributed by atoms with E-state index in [1.807, 2.05) is 0 Å². The molecule has 0 N–H and O–H groups in total. The van der Waals surface area contributed by atoms with Gasteiger partial charge in [-0.1, -0.05) is 0 Å². The molecule has 21 heavy (non-hydrogen) atoms. The Labute approximate surface area is 120 Å². The summed E-state index contributed by atoms with van der Waals surface area (Å²) in [4.78, 5) is 24.4. The molecular weight excluding hydrogens is 270 g/mol. The van der Waals surface area contributed by atoms with E-state index < -0.39 is 5.63 Å². The van der Waals surface area contributed by atoms with Gasteiger partial charge in [0.2, 0.25) is 5.78 Å². The highest BCUT2D eigenvalue weighted by molar-refractivity contribution is 6.08. The molecular formula is C16H13NO4. The molecule has 0 fully saturated rings. The molecule has 5 nitrogen and oxygen atoms in total. The van der Waals surface area contributed by atoms with Crippen LogP contribution >= 0.6 is 0 Å². The highest BCUT2D eigenvalue weighted by atomic mass is 16.5. The molecule has 2 heterocycles. The van der Waals surface area contributed by atoms with Crippen molar-refractivity contribution in [3.8, 4) is 5.75 Å². The number of methoxy groups -OCH3 is 1. The Morgan fingerprint density at radius 3 is 2.71 bits per heavy atom. The molecule has 0 spiro atoms. The minimum atomic E-state index is -0.640. The van der Waals surface area contributed by atoms with E-state index in [4.69, 9.17) is 9.15 Å². The minimum Gasteiger partial charge on any atom is -0.497 e. The molecule has 1 aromatic carbocycles. The van der Waals surface area contributed by atoms with Crippen LogP contribution < -0.4 is 10.4 Å². The van der Waals surface area contributed by atoms with Crippen molar-refractivity contribution >= 4 is 16.8 Å². The minimum absolute atomic E-state index is 0.0116. The Balaban J connectivity index is 2.18. The molecule has 3 aromatic rings. The van der Waals surface area contributed by atoms with Gasteiger partial charge in [-0.2, -0.15) is 0 Å². The maximum Gasteiger partial charge on any atom is 0.347 e. The number of ketones is 1. The van der Waals surface area contributed by atoms with E-state index in [1.165, 1.54) is 0 Å². The third-order valence-electron chi connectivity index (χ3n) is 3.36. The summed E-state index contributed by atoms with van der Waals surface area (Å²) in [7, 11) is 3.30. The lowest BCUT2D eigenvalue weighted by atomic mass is 10.1. The Morgan fingerprint density at radius 1 is 1.24 bits per heavy atom. The Kier molecular flexibility index (Phi) is 3.10. The third-order valence-corrected chi connectivity index (χ3v) is 3.36. The van der Waals surface area contributed by atoms with Gasteiger partial charge in [-0.15, -0.1) is 0 Å². The number of nitrogens with zero attached hydrogens (tertiary/aromatic N) is 1. The van der Waals surface area contributed by atoms with Crippen molar-refractivity contribution in [3.63, 3.8) is 0 Å². The molecule has 0 unspecified atom stereocenters. The number of hydrogen-bond donors (Lipinski definition) is 0. The van der Waals surface area contributed by atoms with Gasteiger partial charge in [-0.3, -0.25) is 4.79 Å². The van der Waals surface area contributed by atoms with Crippen LogP contribution in [0, 0.1) is 0 Å². The summed E-state index contributed by atoms with van der Waals surface area (Å²) in [5.41, 5.74) is 0.227. The standard InChI is InChI=1S/C16H13NO4/c1-17-7-3-4-13(17)15(18)12-9-10-8-11(20-2)5-6-14(10)21-16(12)19/h3-9H,1-2H3. The first-order valence-electron chi connectivity index (χ1n) is 6.38. The van der Waals surface area contributed by atoms with E-state index >= 15 is 0 Å². The lowest BCUT2D eigenvalue weighted by Gasteiger charge is -2.05. The molecule has 0 aliphatic heterocycles. The predicted molar refractivity (Wildman–Crippen MR) is 77.9 cm³/mol. The highest BCUT2D eigenvalue weighted by Crippen LogP contribution is 2.21. The van der Waals surface area contributed by atoms with Crippen molar-refractivity contribution in [3.05, 3.63) is 64.3 Å². The van der Waals surface area contributed by atoms with Crippen LogP contribution in [0.15, 0.2) is 51.8 Å². The van der Waals surface area contributed by atoms with Crippen LogP contribution in [0.2, 0.25) is 0 Å². The summed E-state index contributed by atoms with van der Waals surface area (Å²) in [5.74, 6) is 0.273. The van der Waals surface area contributed by atoms with Crippen molar-refractivity contribution in [1.29, 1.82) is 0 Å². The monoisotopic (exact) mass is 283 g/mol. The average Bonchev–Trinajstić information content (AvgIpc) is 2.91. The second-order valence-corrected chi connectivity index (χ2v) is 4.68. The second kappa shape index (κ2) is 4.94. The van der Waals surface area contributed by atoms with Gasteiger partial charge < -0.3 is 13.7 Å². The number of aryl methyl sites for hydroxylation is 1.